The number of nitrogens with one attached hydrogen (secondary N) is 1. The number of carbonyl (C=O) groups is 2. The Balaban J connectivity index is 1.56. The van der Waals surface area contributed by atoms with Crippen LogP contribution in [0.15, 0.2) is 66.9 Å². The smallest absolute Gasteiger partial charge is 0.412 e. The zero-order valence-corrected chi connectivity index (χ0v) is 17.5. The van der Waals surface area contributed by atoms with Crippen molar-refractivity contribution in [1.82, 2.24) is 4.98 Å². The van der Waals surface area contributed by atoms with E-state index in [1.807, 2.05) is 43.3 Å². The van der Waals surface area contributed by atoms with E-state index in [1.165, 1.54) is 6.20 Å². The molecule has 0 radical (unpaired) electrons. The molecule has 1 heterocycles. The van der Waals surface area contributed by atoms with Crippen LogP contribution < -0.4 is 14.8 Å². The van der Waals surface area contributed by atoms with Gasteiger partial charge in [-0.3, -0.25) is 10.1 Å². The van der Waals surface area contributed by atoms with Gasteiger partial charge < -0.3 is 14.2 Å². The molecular weight excluding hydrogens is 396 g/mol. The van der Waals surface area contributed by atoms with E-state index in [4.69, 9.17) is 14.2 Å². The van der Waals surface area contributed by atoms with Crippen molar-refractivity contribution in [3.05, 3.63) is 78.0 Å². The minimum Gasteiger partial charge on any atom is -0.444 e. The van der Waals surface area contributed by atoms with Crippen LogP contribution >= 0.6 is 0 Å². The average Bonchev–Trinajstić information content (AvgIpc) is 2.80. The molecule has 3 rings (SSSR count). The number of pyridine rings is 1. The molecule has 0 saturated carbocycles. The Morgan fingerprint density at radius 2 is 1.81 bits per heavy atom. The lowest BCUT2D eigenvalue weighted by atomic mass is 10.1. The van der Waals surface area contributed by atoms with E-state index in [9.17, 15) is 9.59 Å². The third-order valence-corrected chi connectivity index (χ3v) is 4.34. The zero-order chi connectivity index (χ0) is 22.1. The molecule has 7 nitrogen and oxygen atoms in total. The Kier molecular flexibility index (Phi) is 7.59. The lowest BCUT2D eigenvalue weighted by Gasteiger charge is -2.11. The van der Waals surface area contributed by atoms with Gasteiger partial charge in [-0.05, 0) is 41.8 Å². The zero-order valence-electron chi connectivity index (χ0n) is 17.5. The van der Waals surface area contributed by atoms with Gasteiger partial charge in [0, 0.05) is 12.5 Å². The summed E-state index contributed by atoms with van der Waals surface area (Å²) in [5.74, 6) is 1.19. The number of aryl methyl sites for hydroxylation is 1. The summed E-state index contributed by atoms with van der Waals surface area (Å²) in [4.78, 5) is 27.7. The maximum Gasteiger partial charge on any atom is 0.412 e. The molecular formula is C24H24N2O5. The van der Waals surface area contributed by atoms with Crippen molar-refractivity contribution >= 4 is 17.7 Å². The van der Waals surface area contributed by atoms with E-state index in [0.29, 0.717) is 35.9 Å². The molecule has 1 amide bonds. The molecule has 0 aliphatic carbocycles. The molecule has 0 saturated heterocycles. The molecule has 0 aliphatic rings. The number of benzene rings is 2. The van der Waals surface area contributed by atoms with Crippen molar-refractivity contribution in [1.29, 1.82) is 0 Å². The molecule has 31 heavy (non-hydrogen) atoms. The third-order valence-electron chi connectivity index (χ3n) is 4.34. The number of carbonyl (C=O) groups excluding carboxylic acids is 2. The van der Waals surface area contributed by atoms with Crippen molar-refractivity contribution in [3.8, 4) is 17.4 Å². The normalized spacial score (nSPS) is 10.3. The summed E-state index contributed by atoms with van der Waals surface area (Å²) in [5.41, 5.74) is 2.25. The number of hydrogen-bond donors (Lipinski definition) is 1. The van der Waals surface area contributed by atoms with Crippen molar-refractivity contribution in [2.75, 3.05) is 5.32 Å². The van der Waals surface area contributed by atoms with Gasteiger partial charge in [-0.2, -0.15) is 0 Å². The van der Waals surface area contributed by atoms with E-state index in [2.05, 4.69) is 10.3 Å². The van der Waals surface area contributed by atoms with Gasteiger partial charge in [-0.15, -0.1) is 0 Å². The monoisotopic (exact) mass is 420 g/mol. The highest BCUT2D eigenvalue weighted by Crippen LogP contribution is 2.28. The molecule has 160 valence electrons. The number of rotatable bonds is 8. The summed E-state index contributed by atoms with van der Waals surface area (Å²) >= 11 is 0. The lowest BCUT2D eigenvalue weighted by molar-refractivity contribution is -0.134. The summed E-state index contributed by atoms with van der Waals surface area (Å²) in [7, 11) is 0. The first-order valence-corrected chi connectivity index (χ1v) is 10.0. The largest absolute Gasteiger partial charge is 0.444 e. The highest BCUT2D eigenvalue weighted by molar-refractivity contribution is 5.84. The van der Waals surface area contributed by atoms with Gasteiger partial charge in [0.25, 0.3) is 0 Å². The van der Waals surface area contributed by atoms with E-state index < -0.39 is 6.09 Å². The molecule has 0 aliphatic heterocycles. The van der Waals surface area contributed by atoms with Crippen LogP contribution in [0.2, 0.25) is 0 Å². The molecule has 7 heteroatoms. The predicted molar refractivity (Wildman–Crippen MR) is 116 cm³/mol. The minimum absolute atomic E-state index is 0.185. The fourth-order valence-corrected chi connectivity index (χ4v) is 2.70. The van der Waals surface area contributed by atoms with E-state index in [-0.39, 0.29) is 12.6 Å². The predicted octanol–water partition coefficient (Wildman–Crippen LogP) is 5.50. The van der Waals surface area contributed by atoms with Gasteiger partial charge in [-0.25, -0.2) is 9.78 Å². The molecule has 2 aromatic carbocycles. The highest BCUT2D eigenvalue weighted by atomic mass is 16.5. The first-order valence-electron chi connectivity index (χ1n) is 10.0. The number of nitrogens with zero attached hydrogens (tertiary/aromatic N) is 1. The van der Waals surface area contributed by atoms with Crippen LogP contribution in [0.25, 0.3) is 0 Å². The summed E-state index contributed by atoms with van der Waals surface area (Å²) < 4.78 is 16.3. The van der Waals surface area contributed by atoms with Crippen LogP contribution in [0.4, 0.5) is 10.5 Å². The van der Waals surface area contributed by atoms with Crippen LogP contribution in [0.1, 0.15) is 31.4 Å². The molecule has 1 aromatic heterocycles. The second-order valence-electron chi connectivity index (χ2n) is 6.62. The average molecular weight is 420 g/mol. The Morgan fingerprint density at radius 3 is 2.48 bits per heavy atom. The van der Waals surface area contributed by atoms with Crippen LogP contribution in [-0.4, -0.2) is 17.0 Å². The topological polar surface area (TPSA) is 86.8 Å². The molecule has 0 atom stereocenters. The summed E-state index contributed by atoms with van der Waals surface area (Å²) in [6.45, 7) is 3.90. The van der Waals surface area contributed by atoms with Gasteiger partial charge in [0.05, 0.1) is 11.9 Å². The van der Waals surface area contributed by atoms with Gasteiger partial charge in [0.1, 0.15) is 18.1 Å². The van der Waals surface area contributed by atoms with Crippen LogP contribution in [0, 0.1) is 0 Å². The Labute approximate surface area is 181 Å². The van der Waals surface area contributed by atoms with Crippen molar-refractivity contribution in [2.24, 2.45) is 0 Å². The number of ether oxygens (including phenoxy) is 3. The van der Waals surface area contributed by atoms with Gasteiger partial charge in [0.15, 0.2) is 0 Å². The quantitative estimate of drug-likeness (QED) is 0.382. The van der Waals surface area contributed by atoms with Crippen LogP contribution in [0.3, 0.4) is 0 Å². The Hall–Kier alpha value is -3.87. The standard InChI is InChI=1S/C24H24N2O5/c1-3-18-14-20(11-12-21(18)31-23(27)4-2)30-22-13-10-19(15-25-22)26-24(28)29-16-17-8-6-5-7-9-17/h5-15H,3-4,16H2,1-2H3,(H,26,28). The summed E-state index contributed by atoms with van der Waals surface area (Å²) in [6.07, 6.45) is 1.91. The van der Waals surface area contributed by atoms with Crippen molar-refractivity contribution in [3.63, 3.8) is 0 Å². The summed E-state index contributed by atoms with van der Waals surface area (Å²) in [5, 5.41) is 2.62. The number of anilines is 1. The van der Waals surface area contributed by atoms with Crippen molar-refractivity contribution < 1.29 is 23.8 Å². The Bertz CT molecular complexity index is 1020. The number of esters is 1. The first-order chi connectivity index (χ1) is 15.1. The fraction of sp³-hybridized carbons (Fsp3) is 0.208. The van der Waals surface area contributed by atoms with Crippen LogP contribution in [-0.2, 0) is 22.6 Å². The maximum absolute atomic E-state index is 11.9. The molecule has 3 aromatic rings. The number of aromatic nitrogens is 1. The SMILES string of the molecule is CCC(=O)Oc1ccc(Oc2ccc(NC(=O)OCc3ccccc3)cn2)cc1CC. The van der Waals surface area contributed by atoms with E-state index in [1.54, 1.807) is 31.2 Å². The van der Waals surface area contributed by atoms with E-state index >= 15 is 0 Å². The second-order valence-corrected chi connectivity index (χ2v) is 6.62. The van der Waals surface area contributed by atoms with Gasteiger partial charge in [-0.1, -0.05) is 44.2 Å². The first kappa shape index (κ1) is 21.8. The molecule has 0 spiro atoms. The Morgan fingerprint density at radius 1 is 1.00 bits per heavy atom. The highest BCUT2D eigenvalue weighted by Gasteiger charge is 2.10. The van der Waals surface area contributed by atoms with E-state index in [0.717, 1.165) is 11.1 Å². The molecule has 1 N–H and O–H groups in total. The minimum atomic E-state index is -0.566. The molecule has 0 unspecified atom stereocenters. The van der Waals surface area contributed by atoms with Crippen molar-refractivity contribution in [2.45, 2.75) is 33.3 Å². The van der Waals surface area contributed by atoms with Crippen LogP contribution in [0.5, 0.6) is 17.4 Å². The molecule has 0 fully saturated rings. The van der Waals surface area contributed by atoms with Gasteiger partial charge in [0.2, 0.25) is 5.88 Å². The third kappa shape index (κ3) is 6.57. The number of amides is 1. The summed E-state index contributed by atoms with van der Waals surface area (Å²) in [6, 6.07) is 18.0. The fourth-order valence-electron chi connectivity index (χ4n) is 2.70. The second kappa shape index (κ2) is 10.8. The van der Waals surface area contributed by atoms with Gasteiger partial charge >= 0.3 is 12.1 Å². The molecule has 0 bridgehead atoms. The maximum atomic E-state index is 11.9. The number of hydrogen-bond acceptors (Lipinski definition) is 6. The lowest BCUT2D eigenvalue weighted by Crippen LogP contribution is -2.13.